The SMILES string of the molecule is CCCC(O)c1ccc(OC)n2nc(C(F)(F)F)cc12. The van der Waals surface area contributed by atoms with Crippen molar-refractivity contribution in [1.82, 2.24) is 9.61 Å². The van der Waals surface area contributed by atoms with Crippen molar-refractivity contribution in [3.05, 3.63) is 29.5 Å². The highest BCUT2D eigenvalue weighted by molar-refractivity contribution is 5.58. The predicted molar refractivity (Wildman–Crippen MR) is 66.6 cm³/mol. The maximum Gasteiger partial charge on any atom is 0.435 e. The van der Waals surface area contributed by atoms with Gasteiger partial charge in [-0.25, -0.2) is 4.52 Å². The van der Waals surface area contributed by atoms with Gasteiger partial charge < -0.3 is 9.84 Å². The van der Waals surface area contributed by atoms with E-state index in [-0.39, 0.29) is 11.4 Å². The van der Waals surface area contributed by atoms with Crippen LogP contribution in [0.2, 0.25) is 0 Å². The van der Waals surface area contributed by atoms with Crippen LogP contribution in [0.4, 0.5) is 13.2 Å². The van der Waals surface area contributed by atoms with Gasteiger partial charge >= 0.3 is 6.18 Å². The van der Waals surface area contributed by atoms with Crippen LogP contribution >= 0.6 is 0 Å². The van der Waals surface area contributed by atoms with Crippen LogP contribution in [0.15, 0.2) is 18.2 Å². The summed E-state index contributed by atoms with van der Waals surface area (Å²) in [4.78, 5) is 0. The van der Waals surface area contributed by atoms with Crippen LogP contribution in [0.5, 0.6) is 5.88 Å². The molecule has 0 spiro atoms. The zero-order valence-corrected chi connectivity index (χ0v) is 11.1. The first-order valence-corrected chi connectivity index (χ1v) is 6.20. The summed E-state index contributed by atoms with van der Waals surface area (Å²) in [5.41, 5.74) is -0.389. The van der Waals surface area contributed by atoms with E-state index in [1.54, 1.807) is 6.07 Å². The van der Waals surface area contributed by atoms with E-state index in [4.69, 9.17) is 4.74 Å². The van der Waals surface area contributed by atoms with Crippen LogP contribution in [-0.2, 0) is 6.18 Å². The molecule has 0 bridgehead atoms. The highest BCUT2D eigenvalue weighted by Crippen LogP contribution is 2.33. The first-order valence-electron chi connectivity index (χ1n) is 6.20. The molecule has 2 heterocycles. The van der Waals surface area contributed by atoms with Crippen LogP contribution in [0.25, 0.3) is 5.52 Å². The van der Waals surface area contributed by atoms with E-state index in [1.807, 2.05) is 6.92 Å². The minimum Gasteiger partial charge on any atom is -0.481 e. The number of rotatable bonds is 4. The van der Waals surface area contributed by atoms with Crippen molar-refractivity contribution in [1.29, 1.82) is 0 Å². The van der Waals surface area contributed by atoms with E-state index in [1.165, 1.54) is 13.2 Å². The van der Waals surface area contributed by atoms with Gasteiger partial charge in [-0.3, -0.25) is 0 Å². The molecule has 0 aromatic carbocycles. The molecule has 1 atom stereocenters. The number of aliphatic hydroxyl groups excluding tert-OH is 1. The fraction of sp³-hybridized carbons (Fsp3) is 0.462. The maximum atomic E-state index is 12.8. The van der Waals surface area contributed by atoms with Crippen LogP contribution in [0, 0.1) is 0 Å². The molecule has 0 saturated heterocycles. The van der Waals surface area contributed by atoms with E-state index in [0.717, 1.165) is 17.0 Å². The molecule has 0 radical (unpaired) electrons. The molecule has 1 N–H and O–H groups in total. The van der Waals surface area contributed by atoms with Crippen molar-refractivity contribution in [3.8, 4) is 5.88 Å². The fourth-order valence-corrected chi connectivity index (χ4v) is 2.08. The highest BCUT2D eigenvalue weighted by Gasteiger charge is 2.35. The first-order chi connectivity index (χ1) is 9.38. The van der Waals surface area contributed by atoms with E-state index in [9.17, 15) is 18.3 Å². The van der Waals surface area contributed by atoms with Gasteiger partial charge in [0.05, 0.1) is 18.7 Å². The number of aliphatic hydroxyl groups is 1. The number of methoxy groups -OCH3 is 1. The number of alkyl halides is 3. The Morgan fingerprint density at radius 1 is 1.40 bits per heavy atom. The average molecular weight is 288 g/mol. The van der Waals surface area contributed by atoms with Crippen molar-refractivity contribution in [2.24, 2.45) is 0 Å². The summed E-state index contributed by atoms with van der Waals surface area (Å²) in [6.07, 6.45) is -4.18. The number of ether oxygens (including phenoxy) is 1. The molecule has 0 fully saturated rings. The minimum absolute atomic E-state index is 0.183. The zero-order valence-electron chi connectivity index (χ0n) is 11.1. The summed E-state index contributed by atoms with van der Waals surface area (Å²) in [5.74, 6) is 0.183. The molecule has 2 rings (SSSR count). The quantitative estimate of drug-likeness (QED) is 0.939. The summed E-state index contributed by atoms with van der Waals surface area (Å²) in [6.45, 7) is 1.89. The third-order valence-electron chi connectivity index (χ3n) is 3.04. The molecule has 2 aromatic heterocycles. The van der Waals surface area contributed by atoms with Crippen molar-refractivity contribution < 1.29 is 23.0 Å². The second-order valence-corrected chi connectivity index (χ2v) is 4.46. The summed E-state index contributed by atoms with van der Waals surface area (Å²) >= 11 is 0. The second-order valence-electron chi connectivity index (χ2n) is 4.46. The predicted octanol–water partition coefficient (Wildman–Crippen LogP) is 3.20. The minimum atomic E-state index is -4.54. The zero-order chi connectivity index (χ0) is 14.9. The summed E-state index contributed by atoms with van der Waals surface area (Å²) in [7, 11) is 1.35. The molecule has 1 unspecified atom stereocenters. The van der Waals surface area contributed by atoms with E-state index in [2.05, 4.69) is 5.10 Å². The summed E-state index contributed by atoms with van der Waals surface area (Å²) in [5, 5.41) is 13.5. The maximum absolute atomic E-state index is 12.8. The number of fused-ring (bicyclic) bond motifs is 1. The van der Waals surface area contributed by atoms with Gasteiger partial charge in [-0.2, -0.15) is 18.3 Å². The van der Waals surface area contributed by atoms with Gasteiger partial charge in [0.2, 0.25) is 5.88 Å². The lowest BCUT2D eigenvalue weighted by atomic mass is 10.0. The largest absolute Gasteiger partial charge is 0.481 e. The second kappa shape index (κ2) is 5.32. The highest BCUT2D eigenvalue weighted by atomic mass is 19.4. The Morgan fingerprint density at radius 2 is 2.10 bits per heavy atom. The lowest BCUT2D eigenvalue weighted by Crippen LogP contribution is -2.06. The average Bonchev–Trinajstić information content (AvgIpc) is 2.82. The van der Waals surface area contributed by atoms with Gasteiger partial charge in [0.1, 0.15) is 0 Å². The number of nitrogens with zero attached hydrogens (tertiary/aromatic N) is 2. The van der Waals surface area contributed by atoms with Gasteiger partial charge in [-0.1, -0.05) is 13.3 Å². The Morgan fingerprint density at radius 3 is 2.65 bits per heavy atom. The molecule has 2 aromatic rings. The molecular weight excluding hydrogens is 273 g/mol. The summed E-state index contributed by atoms with van der Waals surface area (Å²) < 4.78 is 44.4. The van der Waals surface area contributed by atoms with Gasteiger partial charge in [0, 0.05) is 11.6 Å². The van der Waals surface area contributed by atoms with Gasteiger partial charge in [0.25, 0.3) is 0 Å². The molecule has 7 heteroatoms. The third-order valence-corrected chi connectivity index (χ3v) is 3.04. The Bertz CT molecular complexity index is 607. The van der Waals surface area contributed by atoms with Gasteiger partial charge in [-0.05, 0) is 18.6 Å². The molecule has 0 amide bonds. The molecule has 0 aliphatic heterocycles. The first kappa shape index (κ1) is 14.6. The lowest BCUT2D eigenvalue weighted by molar-refractivity contribution is -0.141. The van der Waals surface area contributed by atoms with Gasteiger partial charge in [0.15, 0.2) is 5.69 Å². The Labute approximate surface area is 113 Å². The Hall–Kier alpha value is -1.76. The van der Waals surface area contributed by atoms with Crippen LogP contribution in [0.3, 0.4) is 0 Å². The topological polar surface area (TPSA) is 46.8 Å². The molecule has 0 saturated carbocycles. The normalized spacial score (nSPS) is 13.7. The number of hydrogen-bond donors (Lipinski definition) is 1. The number of pyridine rings is 1. The summed E-state index contributed by atoms with van der Waals surface area (Å²) in [6, 6.07) is 3.99. The van der Waals surface area contributed by atoms with Crippen LogP contribution < -0.4 is 4.74 Å². The van der Waals surface area contributed by atoms with Crippen molar-refractivity contribution >= 4 is 5.52 Å². The fourth-order valence-electron chi connectivity index (χ4n) is 2.08. The number of hydrogen-bond acceptors (Lipinski definition) is 3. The smallest absolute Gasteiger partial charge is 0.435 e. The van der Waals surface area contributed by atoms with E-state index >= 15 is 0 Å². The molecule has 4 nitrogen and oxygen atoms in total. The van der Waals surface area contributed by atoms with Crippen molar-refractivity contribution in [3.63, 3.8) is 0 Å². The van der Waals surface area contributed by atoms with Gasteiger partial charge in [-0.15, -0.1) is 0 Å². The molecular formula is C13H15F3N2O2. The van der Waals surface area contributed by atoms with Crippen LogP contribution in [-0.4, -0.2) is 21.8 Å². The third kappa shape index (κ3) is 2.58. The van der Waals surface area contributed by atoms with Crippen LogP contribution in [0.1, 0.15) is 37.1 Å². The standard InChI is InChI=1S/C13H15F3N2O2/c1-3-4-10(19)8-5-6-12(20-2)18-9(8)7-11(17-18)13(14,15)16/h5-7,10,19H,3-4H2,1-2H3. The molecule has 110 valence electrons. The van der Waals surface area contributed by atoms with E-state index in [0.29, 0.717) is 12.0 Å². The molecule has 20 heavy (non-hydrogen) atoms. The molecule has 0 aliphatic carbocycles. The lowest BCUT2D eigenvalue weighted by Gasteiger charge is -2.12. The van der Waals surface area contributed by atoms with E-state index < -0.39 is 18.0 Å². The van der Waals surface area contributed by atoms with Crippen molar-refractivity contribution in [2.75, 3.05) is 7.11 Å². The monoisotopic (exact) mass is 288 g/mol. The number of aromatic nitrogens is 2. The number of halogens is 3. The molecule has 0 aliphatic rings. The Kier molecular flexibility index (Phi) is 3.89. The Balaban J connectivity index is 2.63. The van der Waals surface area contributed by atoms with Crippen molar-refractivity contribution in [2.45, 2.75) is 32.0 Å².